The first-order chi connectivity index (χ1) is 8.95. The molecule has 1 aromatic carbocycles. The second-order valence-corrected chi connectivity index (χ2v) is 5.52. The summed E-state index contributed by atoms with van der Waals surface area (Å²) in [4.78, 5) is 16.5. The van der Waals surface area contributed by atoms with Crippen LogP contribution in [0.25, 0.3) is 0 Å². The summed E-state index contributed by atoms with van der Waals surface area (Å²) in [5, 5.41) is 0. The van der Waals surface area contributed by atoms with Crippen molar-refractivity contribution in [1.82, 2.24) is 4.90 Å². The first kappa shape index (κ1) is 14.0. The van der Waals surface area contributed by atoms with Gasteiger partial charge in [-0.3, -0.25) is 9.69 Å². The maximum absolute atomic E-state index is 12.6. The molecule has 4 nitrogen and oxygen atoms in total. The standard InChI is InChI=1S/C15H23N3O/c1-10-5-6-13(7-11(10)2)18-12(3)9-17(4)14(8-16)15(18)19/h5-7,12,14H,8-9,16H2,1-4H3. The maximum Gasteiger partial charge on any atom is 0.245 e. The van der Waals surface area contributed by atoms with Crippen LogP contribution in [0, 0.1) is 13.8 Å². The molecule has 1 heterocycles. The van der Waals surface area contributed by atoms with Gasteiger partial charge in [-0.2, -0.15) is 0 Å². The van der Waals surface area contributed by atoms with Gasteiger partial charge in [0.15, 0.2) is 0 Å². The predicted molar refractivity (Wildman–Crippen MR) is 78.3 cm³/mol. The molecule has 1 aliphatic rings. The molecule has 19 heavy (non-hydrogen) atoms. The fourth-order valence-corrected chi connectivity index (χ4v) is 2.73. The summed E-state index contributed by atoms with van der Waals surface area (Å²) in [5.74, 6) is 0.104. The van der Waals surface area contributed by atoms with Crippen molar-refractivity contribution in [1.29, 1.82) is 0 Å². The number of amides is 1. The topological polar surface area (TPSA) is 49.6 Å². The number of hydrogen-bond acceptors (Lipinski definition) is 3. The van der Waals surface area contributed by atoms with Crippen LogP contribution in [0.4, 0.5) is 5.69 Å². The van der Waals surface area contributed by atoms with Gasteiger partial charge < -0.3 is 10.6 Å². The van der Waals surface area contributed by atoms with Gasteiger partial charge in [-0.25, -0.2) is 0 Å². The summed E-state index contributed by atoms with van der Waals surface area (Å²) in [6, 6.07) is 6.14. The molecule has 1 saturated heterocycles. The van der Waals surface area contributed by atoms with E-state index < -0.39 is 0 Å². The zero-order chi connectivity index (χ0) is 14.2. The van der Waals surface area contributed by atoms with Gasteiger partial charge >= 0.3 is 0 Å². The molecule has 4 heteroatoms. The zero-order valence-electron chi connectivity index (χ0n) is 12.2. The quantitative estimate of drug-likeness (QED) is 0.873. The van der Waals surface area contributed by atoms with Gasteiger partial charge in [-0.1, -0.05) is 6.07 Å². The largest absolute Gasteiger partial charge is 0.328 e. The fraction of sp³-hybridized carbons (Fsp3) is 0.533. The minimum Gasteiger partial charge on any atom is -0.328 e. The Morgan fingerprint density at radius 2 is 2.00 bits per heavy atom. The van der Waals surface area contributed by atoms with Crippen LogP contribution in [0.2, 0.25) is 0 Å². The normalized spacial score (nSPS) is 24.9. The monoisotopic (exact) mass is 261 g/mol. The lowest BCUT2D eigenvalue weighted by atomic mass is 10.0. The predicted octanol–water partition coefficient (Wildman–Crippen LogP) is 1.30. The lowest BCUT2D eigenvalue weighted by molar-refractivity contribution is -0.125. The Kier molecular flexibility index (Phi) is 3.92. The van der Waals surface area contributed by atoms with Gasteiger partial charge in [-0.05, 0) is 51.1 Å². The highest BCUT2D eigenvalue weighted by atomic mass is 16.2. The maximum atomic E-state index is 12.6. The average molecular weight is 261 g/mol. The smallest absolute Gasteiger partial charge is 0.245 e. The van der Waals surface area contributed by atoms with Crippen LogP contribution in [-0.2, 0) is 4.79 Å². The molecule has 2 unspecified atom stereocenters. The van der Waals surface area contributed by atoms with Gasteiger partial charge in [0.05, 0.1) is 0 Å². The van der Waals surface area contributed by atoms with Gasteiger partial charge in [0, 0.05) is 24.8 Å². The molecule has 0 aromatic heterocycles. The van der Waals surface area contributed by atoms with E-state index in [1.807, 2.05) is 22.9 Å². The minimum atomic E-state index is -0.210. The van der Waals surface area contributed by atoms with Crippen LogP contribution in [0.15, 0.2) is 18.2 Å². The van der Waals surface area contributed by atoms with E-state index in [0.29, 0.717) is 6.54 Å². The van der Waals surface area contributed by atoms with E-state index in [4.69, 9.17) is 5.73 Å². The van der Waals surface area contributed by atoms with Crippen molar-refractivity contribution in [2.24, 2.45) is 5.73 Å². The van der Waals surface area contributed by atoms with Crippen molar-refractivity contribution in [3.63, 3.8) is 0 Å². The second-order valence-electron chi connectivity index (χ2n) is 5.52. The van der Waals surface area contributed by atoms with Gasteiger partial charge in [0.2, 0.25) is 5.91 Å². The number of hydrogen-bond donors (Lipinski definition) is 1. The van der Waals surface area contributed by atoms with E-state index in [9.17, 15) is 4.79 Å². The van der Waals surface area contributed by atoms with Crippen LogP contribution in [-0.4, -0.2) is 43.0 Å². The molecule has 1 aliphatic heterocycles. The summed E-state index contributed by atoms with van der Waals surface area (Å²) >= 11 is 0. The Hall–Kier alpha value is -1.39. The molecule has 0 aliphatic carbocycles. The molecule has 1 aromatic rings. The average Bonchev–Trinajstić information content (AvgIpc) is 2.33. The highest BCUT2D eigenvalue weighted by Gasteiger charge is 2.36. The zero-order valence-corrected chi connectivity index (χ0v) is 12.2. The first-order valence-electron chi connectivity index (χ1n) is 6.76. The number of carbonyl (C=O) groups is 1. The molecule has 0 saturated carbocycles. The van der Waals surface area contributed by atoms with Crippen molar-refractivity contribution >= 4 is 11.6 Å². The molecule has 0 bridgehead atoms. The summed E-state index contributed by atoms with van der Waals surface area (Å²) < 4.78 is 0. The van der Waals surface area contributed by atoms with E-state index in [1.54, 1.807) is 0 Å². The van der Waals surface area contributed by atoms with E-state index in [2.05, 4.69) is 32.9 Å². The highest BCUT2D eigenvalue weighted by molar-refractivity contribution is 5.98. The van der Waals surface area contributed by atoms with Crippen molar-refractivity contribution < 1.29 is 4.79 Å². The molecular weight excluding hydrogens is 238 g/mol. The molecule has 0 radical (unpaired) electrons. The third-order valence-electron chi connectivity index (χ3n) is 4.04. The SMILES string of the molecule is Cc1ccc(N2C(=O)C(CN)N(C)CC2C)cc1C. The molecule has 0 spiro atoms. The fourth-order valence-electron chi connectivity index (χ4n) is 2.73. The molecule has 2 atom stereocenters. The third-order valence-corrected chi connectivity index (χ3v) is 4.04. The highest BCUT2D eigenvalue weighted by Crippen LogP contribution is 2.25. The van der Waals surface area contributed by atoms with Crippen LogP contribution >= 0.6 is 0 Å². The summed E-state index contributed by atoms with van der Waals surface area (Å²) in [7, 11) is 1.96. The summed E-state index contributed by atoms with van der Waals surface area (Å²) in [6.07, 6.45) is 0. The van der Waals surface area contributed by atoms with Crippen LogP contribution in [0.3, 0.4) is 0 Å². The van der Waals surface area contributed by atoms with Gasteiger partial charge in [0.25, 0.3) is 0 Å². The third kappa shape index (κ3) is 2.51. The minimum absolute atomic E-state index is 0.104. The Morgan fingerprint density at radius 1 is 1.32 bits per heavy atom. The van der Waals surface area contributed by atoms with Crippen molar-refractivity contribution in [2.75, 3.05) is 25.0 Å². The molecular formula is C15H23N3O. The number of rotatable bonds is 2. The first-order valence-corrected chi connectivity index (χ1v) is 6.76. The molecule has 1 fully saturated rings. The van der Waals surface area contributed by atoms with E-state index >= 15 is 0 Å². The van der Waals surface area contributed by atoms with Crippen molar-refractivity contribution in [3.8, 4) is 0 Å². The number of aryl methyl sites for hydroxylation is 2. The van der Waals surface area contributed by atoms with E-state index in [1.165, 1.54) is 11.1 Å². The second kappa shape index (κ2) is 5.31. The molecule has 2 N–H and O–H groups in total. The molecule has 1 amide bonds. The van der Waals surface area contributed by atoms with Gasteiger partial charge in [-0.15, -0.1) is 0 Å². The Balaban J connectivity index is 2.36. The van der Waals surface area contributed by atoms with Crippen LogP contribution in [0.1, 0.15) is 18.1 Å². The number of anilines is 1. The van der Waals surface area contributed by atoms with E-state index in [0.717, 1.165) is 12.2 Å². The van der Waals surface area contributed by atoms with E-state index in [-0.39, 0.29) is 18.0 Å². The summed E-state index contributed by atoms with van der Waals surface area (Å²) in [6.45, 7) is 7.45. The Morgan fingerprint density at radius 3 is 2.58 bits per heavy atom. The number of benzene rings is 1. The lowest BCUT2D eigenvalue weighted by Gasteiger charge is -2.42. The molecule has 104 valence electrons. The van der Waals surface area contributed by atoms with Crippen LogP contribution in [0.5, 0.6) is 0 Å². The number of carbonyl (C=O) groups excluding carboxylic acids is 1. The van der Waals surface area contributed by atoms with Gasteiger partial charge in [0.1, 0.15) is 6.04 Å². The number of piperazine rings is 1. The van der Waals surface area contributed by atoms with Crippen LogP contribution < -0.4 is 10.6 Å². The summed E-state index contributed by atoms with van der Waals surface area (Å²) in [5.41, 5.74) is 9.17. The number of nitrogens with zero attached hydrogens (tertiary/aromatic N) is 2. The lowest BCUT2D eigenvalue weighted by Crippen LogP contribution is -2.62. The Bertz CT molecular complexity index is 486. The molecule has 2 rings (SSSR count). The Labute approximate surface area is 115 Å². The van der Waals surface area contributed by atoms with Crippen molar-refractivity contribution in [3.05, 3.63) is 29.3 Å². The van der Waals surface area contributed by atoms with Crippen molar-refractivity contribution in [2.45, 2.75) is 32.9 Å². The number of nitrogens with two attached hydrogens (primary N) is 1. The number of likely N-dealkylation sites (N-methyl/N-ethyl adjacent to an activating group) is 1.